The van der Waals surface area contributed by atoms with Gasteiger partial charge in [-0.1, -0.05) is 55.5 Å². The van der Waals surface area contributed by atoms with E-state index in [1.807, 2.05) is 48.5 Å². The largest absolute Gasteiger partial charge is 0.463 e. The Morgan fingerprint density at radius 3 is 2.03 bits per heavy atom. The molecule has 1 unspecified atom stereocenters. The molecule has 4 heterocycles. The molecule has 0 aromatic heterocycles. The average Bonchev–Trinajstić information content (AvgIpc) is 3.65. The molecule has 0 saturated carbocycles. The van der Waals surface area contributed by atoms with E-state index in [0.717, 1.165) is 42.6 Å². The van der Waals surface area contributed by atoms with Crippen LogP contribution < -0.4 is 5.32 Å². The van der Waals surface area contributed by atoms with Gasteiger partial charge in [-0.15, -0.1) is 0 Å². The molecule has 6 rings (SSSR count). The molecule has 1 spiro atoms. The van der Waals surface area contributed by atoms with Crippen molar-refractivity contribution in [2.75, 3.05) is 44.8 Å². The van der Waals surface area contributed by atoms with Gasteiger partial charge in [-0.2, -0.15) is 0 Å². The summed E-state index contributed by atoms with van der Waals surface area (Å²) in [5.74, 6) is -3.25. The highest BCUT2D eigenvalue weighted by Gasteiger charge is 2.52. The van der Waals surface area contributed by atoms with Crippen molar-refractivity contribution in [3.05, 3.63) is 65.2 Å². The van der Waals surface area contributed by atoms with E-state index in [4.69, 9.17) is 54.8 Å². The van der Waals surface area contributed by atoms with Crippen LogP contribution in [-0.2, 0) is 68.4 Å². The molecule has 0 radical (unpaired) electrons. The molecule has 4 saturated heterocycles. The number of aliphatic hydroxyl groups is 1. The highest BCUT2D eigenvalue weighted by molar-refractivity contribution is 7.80. The van der Waals surface area contributed by atoms with Gasteiger partial charge in [0.2, 0.25) is 0 Å². The van der Waals surface area contributed by atoms with Crippen LogP contribution in [-0.4, -0.2) is 121 Å². The van der Waals surface area contributed by atoms with Crippen LogP contribution in [0.4, 0.5) is 5.69 Å². The first-order valence-electron chi connectivity index (χ1n) is 19.9. The van der Waals surface area contributed by atoms with Crippen molar-refractivity contribution in [1.29, 1.82) is 0 Å². The molecule has 0 amide bonds. The molecule has 2 aromatic carbocycles. The monoisotopic (exact) mass is 842 g/mol. The van der Waals surface area contributed by atoms with E-state index in [0.29, 0.717) is 25.4 Å². The highest BCUT2D eigenvalue weighted by atomic mass is 32.1. The van der Waals surface area contributed by atoms with Crippen LogP contribution in [0, 0.1) is 5.92 Å². The van der Waals surface area contributed by atoms with Gasteiger partial charge in [0.25, 0.3) is 0 Å². The molecule has 59 heavy (non-hydrogen) atoms. The number of nitrogens with zero attached hydrogens (tertiary/aromatic N) is 1. The number of thiocarbonyl (C=S) groups is 1. The van der Waals surface area contributed by atoms with E-state index in [2.05, 4.69) is 17.1 Å². The number of carbonyl (C=O) groups excluding carboxylic acids is 4. The molecular formula is C42H54N2O14S. The van der Waals surface area contributed by atoms with E-state index in [1.54, 1.807) is 0 Å². The Morgan fingerprint density at radius 2 is 1.42 bits per heavy atom. The Labute approximate surface area is 349 Å². The minimum Gasteiger partial charge on any atom is -0.463 e. The Bertz CT molecular complexity index is 1800. The maximum Gasteiger partial charge on any atom is 0.303 e. The van der Waals surface area contributed by atoms with Crippen LogP contribution >= 0.6 is 12.2 Å². The first-order valence-corrected chi connectivity index (χ1v) is 20.3. The standard InChI is InChI=1S/C42H54N2O14S/c1-24-34(21-44-15-13-42(14-16-44)51-17-18-52-42)57-41(58-37(24)30-11-9-29(22-45)10-12-30)31-7-6-8-32(19-31)43-36(59)20-33-38(53-26(3)47)40(55-28(5)49)39(54-27(4)48)35(56-33)23-50-25(2)46/h6-12,19,24,33-35,37-41,45H,13-18,20-23H2,1-5H3,(H,43,59)/t24-,33-,34+,35+,37+,38-,39+,40+,41?/m0/s1. The average molecular weight is 843 g/mol. The molecule has 9 atom stereocenters. The predicted molar refractivity (Wildman–Crippen MR) is 213 cm³/mol. The zero-order chi connectivity index (χ0) is 42.3. The van der Waals surface area contributed by atoms with E-state index in [1.165, 1.54) is 27.7 Å². The lowest BCUT2D eigenvalue weighted by Crippen LogP contribution is -2.62. The molecule has 2 N–H and O–H groups in total. The van der Waals surface area contributed by atoms with Crippen molar-refractivity contribution in [3.63, 3.8) is 0 Å². The number of hydrogen-bond donors (Lipinski definition) is 2. The summed E-state index contributed by atoms with van der Waals surface area (Å²) in [6.07, 6.45) is -5.64. The summed E-state index contributed by atoms with van der Waals surface area (Å²) in [5, 5.41) is 12.9. The van der Waals surface area contributed by atoms with Crippen molar-refractivity contribution in [2.45, 2.75) is 115 Å². The van der Waals surface area contributed by atoms with Gasteiger partial charge < -0.3 is 58.0 Å². The Morgan fingerprint density at radius 1 is 0.797 bits per heavy atom. The number of esters is 4. The van der Waals surface area contributed by atoms with Gasteiger partial charge in [0.15, 0.2) is 30.4 Å². The predicted octanol–water partition coefficient (Wildman–Crippen LogP) is 4.06. The number of hydrogen-bond acceptors (Lipinski definition) is 16. The summed E-state index contributed by atoms with van der Waals surface area (Å²) < 4.78 is 53.5. The first kappa shape index (κ1) is 44.5. The number of likely N-dealkylation sites (tertiary alicyclic amines) is 1. The lowest BCUT2D eigenvalue weighted by molar-refractivity contribution is -0.278. The number of ether oxygens (including phenoxy) is 9. The topological polar surface area (TPSA) is 187 Å². The summed E-state index contributed by atoms with van der Waals surface area (Å²) >= 11 is 5.81. The molecule has 2 aromatic rings. The molecule has 4 aliphatic heterocycles. The Hall–Kier alpha value is -4.07. The number of benzene rings is 2. The summed E-state index contributed by atoms with van der Waals surface area (Å²) in [6.45, 7) is 10.00. The maximum absolute atomic E-state index is 12.3. The van der Waals surface area contributed by atoms with Crippen LogP contribution in [0.1, 0.15) is 83.0 Å². The van der Waals surface area contributed by atoms with Gasteiger partial charge in [-0.25, -0.2) is 0 Å². The number of piperidine rings is 1. The number of anilines is 1. The highest BCUT2D eigenvalue weighted by Crippen LogP contribution is 2.43. The molecule has 4 aliphatic rings. The number of aliphatic hydroxyl groups excluding tert-OH is 1. The second-order valence-electron chi connectivity index (χ2n) is 15.3. The molecule has 322 valence electrons. The molecular weight excluding hydrogens is 789 g/mol. The third-order valence-corrected chi connectivity index (χ3v) is 11.2. The SMILES string of the molecule is CC(=O)OC[C@H]1O[C@@H](CC(=S)Nc2cccc(C3O[C@H](CN4CCC5(CC4)OCCO5)[C@H](C)[C@H](c4ccc(CO)cc4)O3)c2)[C@H](OC(C)=O)[C@@H](OC(C)=O)[C@@H]1OC(C)=O. The van der Waals surface area contributed by atoms with Crippen LogP contribution in [0.15, 0.2) is 48.5 Å². The number of nitrogens with one attached hydrogen (secondary N) is 1. The van der Waals surface area contributed by atoms with Crippen molar-refractivity contribution in [3.8, 4) is 0 Å². The Balaban J connectivity index is 1.20. The molecule has 17 heteroatoms. The van der Waals surface area contributed by atoms with Crippen LogP contribution in [0.3, 0.4) is 0 Å². The minimum atomic E-state index is -1.30. The van der Waals surface area contributed by atoms with Gasteiger partial charge in [-0.05, 0) is 23.3 Å². The lowest BCUT2D eigenvalue weighted by atomic mass is 9.89. The summed E-state index contributed by atoms with van der Waals surface area (Å²) in [6, 6.07) is 15.2. The van der Waals surface area contributed by atoms with Crippen LogP contribution in [0.25, 0.3) is 0 Å². The third kappa shape index (κ3) is 11.6. The fourth-order valence-electron chi connectivity index (χ4n) is 8.08. The van der Waals surface area contributed by atoms with E-state index < -0.39 is 66.5 Å². The quantitative estimate of drug-likeness (QED) is 0.167. The van der Waals surface area contributed by atoms with Gasteiger partial charge in [0.05, 0.1) is 37.0 Å². The fraction of sp³-hybridized carbons (Fsp3) is 0.595. The van der Waals surface area contributed by atoms with E-state index in [-0.39, 0.29) is 42.7 Å². The van der Waals surface area contributed by atoms with Gasteiger partial charge in [0, 0.05) is 83.8 Å². The summed E-state index contributed by atoms with van der Waals surface area (Å²) in [4.78, 5) is 51.2. The number of rotatable bonds is 13. The lowest BCUT2D eigenvalue weighted by Gasteiger charge is -2.44. The third-order valence-electron chi connectivity index (χ3n) is 10.9. The van der Waals surface area contributed by atoms with Gasteiger partial charge in [-0.3, -0.25) is 19.2 Å². The second kappa shape index (κ2) is 20.0. The van der Waals surface area contributed by atoms with Crippen molar-refractivity contribution < 1.29 is 66.9 Å². The molecule has 16 nitrogen and oxygen atoms in total. The first-order chi connectivity index (χ1) is 28.2. The van der Waals surface area contributed by atoms with Crippen molar-refractivity contribution >= 4 is 46.8 Å². The van der Waals surface area contributed by atoms with Crippen molar-refractivity contribution in [2.24, 2.45) is 5.92 Å². The van der Waals surface area contributed by atoms with E-state index >= 15 is 0 Å². The van der Waals surface area contributed by atoms with E-state index in [9.17, 15) is 24.3 Å². The van der Waals surface area contributed by atoms with Crippen LogP contribution in [0.2, 0.25) is 0 Å². The van der Waals surface area contributed by atoms with Gasteiger partial charge >= 0.3 is 23.9 Å². The normalized spacial score (nSPS) is 29.3. The van der Waals surface area contributed by atoms with Crippen LogP contribution in [0.5, 0.6) is 0 Å². The second-order valence-corrected chi connectivity index (χ2v) is 15.8. The fourth-order valence-corrected chi connectivity index (χ4v) is 8.37. The molecule has 0 aliphatic carbocycles. The Kier molecular flexibility index (Phi) is 15.1. The zero-order valence-corrected chi connectivity index (χ0v) is 34.8. The smallest absolute Gasteiger partial charge is 0.303 e. The summed E-state index contributed by atoms with van der Waals surface area (Å²) in [7, 11) is 0. The maximum atomic E-state index is 12.3. The molecule has 4 fully saturated rings. The summed E-state index contributed by atoms with van der Waals surface area (Å²) in [5.41, 5.74) is 3.13. The zero-order valence-electron chi connectivity index (χ0n) is 34.0. The van der Waals surface area contributed by atoms with Gasteiger partial charge in [0.1, 0.15) is 18.8 Å². The molecule has 0 bridgehead atoms. The minimum absolute atomic E-state index is 0.0171. The number of carbonyl (C=O) groups is 4. The van der Waals surface area contributed by atoms with Crippen molar-refractivity contribution in [1.82, 2.24) is 4.90 Å².